The van der Waals surface area contributed by atoms with Crippen molar-refractivity contribution in [3.8, 4) is 0 Å². The molecule has 0 bridgehead atoms. The number of nitrogens with zero attached hydrogens (tertiary/aromatic N) is 4. The number of rotatable bonds is 4. The van der Waals surface area contributed by atoms with Crippen molar-refractivity contribution in [1.29, 1.82) is 0 Å². The fourth-order valence-corrected chi connectivity index (χ4v) is 4.27. The summed E-state index contributed by atoms with van der Waals surface area (Å²) in [6, 6.07) is 9.59. The van der Waals surface area contributed by atoms with E-state index in [1.807, 2.05) is 30.3 Å². The third-order valence-electron chi connectivity index (χ3n) is 6.02. The molecule has 144 valence electrons. The van der Waals surface area contributed by atoms with Crippen molar-refractivity contribution in [2.45, 2.75) is 12.8 Å². The number of nitrogens with two attached hydrogens (primary N) is 1. The molecule has 0 saturated carbocycles. The average Bonchev–Trinajstić information content (AvgIpc) is 2.69. The standard InChI is InChI=1S/C21H29N5O/c1-24-10-12-25(13-11-24)15-16-6-8-26(9-7-16)20-14-18(21(22)27)17-4-2-3-5-19(17)23-20/h2-5,14,16H,6-13,15H2,1H3,(H2,22,27). The molecule has 1 aromatic carbocycles. The summed E-state index contributed by atoms with van der Waals surface area (Å²) in [4.78, 5) is 24.0. The highest BCUT2D eigenvalue weighted by Crippen LogP contribution is 2.27. The van der Waals surface area contributed by atoms with Gasteiger partial charge in [0.25, 0.3) is 0 Å². The number of primary amides is 1. The molecule has 0 atom stereocenters. The third kappa shape index (κ3) is 4.06. The number of aromatic nitrogens is 1. The summed E-state index contributed by atoms with van der Waals surface area (Å²) < 4.78 is 0. The number of piperazine rings is 1. The van der Waals surface area contributed by atoms with Crippen molar-refractivity contribution < 1.29 is 4.79 Å². The Balaban J connectivity index is 1.43. The predicted molar refractivity (Wildman–Crippen MR) is 109 cm³/mol. The Morgan fingerprint density at radius 3 is 2.52 bits per heavy atom. The number of benzene rings is 1. The number of hydrogen-bond donors (Lipinski definition) is 1. The zero-order valence-corrected chi connectivity index (χ0v) is 16.1. The number of carbonyl (C=O) groups excluding carboxylic acids is 1. The Hall–Kier alpha value is -2.18. The molecule has 2 aliphatic heterocycles. The first-order valence-corrected chi connectivity index (χ1v) is 9.95. The fraction of sp³-hybridized carbons (Fsp3) is 0.524. The maximum absolute atomic E-state index is 11.9. The lowest BCUT2D eigenvalue weighted by atomic mass is 9.95. The summed E-state index contributed by atoms with van der Waals surface area (Å²) in [5.41, 5.74) is 7.02. The topological polar surface area (TPSA) is 65.7 Å². The van der Waals surface area contributed by atoms with Crippen molar-refractivity contribution in [1.82, 2.24) is 14.8 Å². The summed E-state index contributed by atoms with van der Waals surface area (Å²) in [7, 11) is 2.20. The van der Waals surface area contributed by atoms with E-state index in [1.165, 1.54) is 45.6 Å². The number of fused-ring (bicyclic) bond motifs is 1. The van der Waals surface area contributed by atoms with Gasteiger partial charge in [0.15, 0.2) is 0 Å². The fourth-order valence-electron chi connectivity index (χ4n) is 4.27. The monoisotopic (exact) mass is 367 g/mol. The zero-order chi connectivity index (χ0) is 18.8. The first-order valence-electron chi connectivity index (χ1n) is 9.95. The molecule has 1 aromatic heterocycles. The Kier molecular flexibility index (Phi) is 5.27. The van der Waals surface area contributed by atoms with Crippen LogP contribution in [0.5, 0.6) is 0 Å². The first kappa shape index (κ1) is 18.2. The molecule has 0 aliphatic carbocycles. The van der Waals surface area contributed by atoms with E-state index < -0.39 is 0 Å². The molecule has 2 fully saturated rings. The summed E-state index contributed by atoms with van der Waals surface area (Å²) in [6.45, 7) is 7.91. The zero-order valence-electron chi connectivity index (χ0n) is 16.1. The molecule has 2 N–H and O–H groups in total. The van der Waals surface area contributed by atoms with Crippen LogP contribution in [-0.2, 0) is 0 Å². The molecule has 1 amide bonds. The van der Waals surface area contributed by atoms with Gasteiger partial charge in [-0.2, -0.15) is 0 Å². The average molecular weight is 367 g/mol. The van der Waals surface area contributed by atoms with Crippen LogP contribution in [0.1, 0.15) is 23.2 Å². The lowest BCUT2D eigenvalue weighted by Crippen LogP contribution is -2.47. The highest BCUT2D eigenvalue weighted by atomic mass is 16.1. The van der Waals surface area contributed by atoms with Crippen LogP contribution in [0.4, 0.5) is 5.82 Å². The third-order valence-corrected chi connectivity index (χ3v) is 6.02. The van der Waals surface area contributed by atoms with Crippen molar-refractivity contribution in [3.63, 3.8) is 0 Å². The van der Waals surface area contributed by atoms with Gasteiger partial charge in [0.1, 0.15) is 5.82 Å². The molecule has 27 heavy (non-hydrogen) atoms. The van der Waals surface area contributed by atoms with Crippen LogP contribution in [0.15, 0.2) is 30.3 Å². The summed E-state index contributed by atoms with van der Waals surface area (Å²) >= 11 is 0. The van der Waals surface area contributed by atoms with Gasteiger partial charge in [-0.15, -0.1) is 0 Å². The second kappa shape index (κ2) is 7.82. The summed E-state index contributed by atoms with van der Waals surface area (Å²) in [6.07, 6.45) is 2.35. The normalized spacial score (nSPS) is 20.3. The smallest absolute Gasteiger partial charge is 0.249 e. The minimum absolute atomic E-state index is 0.389. The molecule has 6 heteroatoms. The maximum Gasteiger partial charge on any atom is 0.249 e. The Labute approximate surface area is 160 Å². The number of para-hydroxylation sites is 1. The van der Waals surface area contributed by atoms with Gasteiger partial charge in [0.05, 0.1) is 11.1 Å². The molecule has 0 radical (unpaired) electrons. The molecular weight excluding hydrogens is 338 g/mol. The van der Waals surface area contributed by atoms with Crippen molar-refractivity contribution in [2.24, 2.45) is 11.7 Å². The van der Waals surface area contributed by atoms with Gasteiger partial charge in [-0.3, -0.25) is 4.79 Å². The maximum atomic E-state index is 11.9. The molecule has 0 spiro atoms. The second-order valence-corrected chi connectivity index (χ2v) is 7.94. The number of likely N-dealkylation sites (N-methyl/N-ethyl adjacent to an activating group) is 1. The van der Waals surface area contributed by atoms with E-state index in [-0.39, 0.29) is 5.91 Å². The van der Waals surface area contributed by atoms with Gasteiger partial charge < -0.3 is 20.4 Å². The van der Waals surface area contributed by atoms with Gasteiger partial charge >= 0.3 is 0 Å². The highest BCUT2D eigenvalue weighted by molar-refractivity contribution is 6.06. The van der Waals surface area contributed by atoms with Gasteiger partial charge in [-0.1, -0.05) is 18.2 Å². The van der Waals surface area contributed by atoms with Gasteiger partial charge in [0, 0.05) is 51.2 Å². The number of amides is 1. The first-order chi connectivity index (χ1) is 13.1. The molecule has 2 aliphatic rings. The van der Waals surface area contributed by atoms with Crippen LogP contribution in [0.3, 0.4) is 0 Å². The van der Waals surface area contributed by atoms with E-state index in [0.717, 1.165) is 35.7 Å². The Morgan fingerprint density at radius 2 is 1.81 bits per heavy atom. The number of pyridine rings is 1. The molecule has 2 aromatic rings. The molecule has 6 nitrogen and oxygen atoms in total. The predicted octanol–water partition coefficient (Wildman–Crippen LogP) is 1.80. The van der Waals surface area contributed by atoms with Crippen LogP contribution in [-0.4, -0.2) is 73.6 Å². The van der Waals surface area contributed by atoms with Crippen LogP contribution in [0, 0.1) is 5.92 Å². The van der Waals surface area contributed by atoms with E-state index in [1.54, 1.807) is 0 Å². The van der Waals surface area contributed by atoms with E-state index in [2.05, 4.69) is 21.7 Å². The lowest BCUT2D eigenvalue weighted by Gasteiger charge is -2.38. The van der Waals surface area contributed by atoms with Crippen molar-refractivity contribution in [3.05, 3.63) is 35.9 Å². The summed E-state index contributed by atoms with van der Waals surface area (Å²) in [5.74, 6) is 1.24. The number of carbonyl (C=O) groups is 1. The van der Waals surface area contributed by atoms with Crippen LogP contribution >= 0.6 is 0 Å². The highest BCUT2D eigenvalue weighted by Gasteiger charge is 2.24. The van der Waals surface area contributed by atoms with Crippen molar-refractivity contribution >= 4 is 22.6 Å². The molecule has 0 unspecified atom stereocenters. The number of piperidine rings is 1. The van der Waals surface area contributed by atoms with E-state index in [0.29, 0.717) is 5.56 Å². The number of anilines is 1. The van der Waals surface area contributed by atoms with Gasteiger partial charge in [-0.25, -0.2) is 4.98 Å². The minimum Gasteiger partial charge on any atom is -0.366 e. The van der Waals surface area contributed by atoms with Gasteiger partial charge in [-0.05, 0) is 37.9 Å². The van der Waals surface area contributed by atoms with Gasteiger partial charge in [0.2, 0.25) is 5.91 Å². The second-order valence-electron chi connectivity index (χ2n) is 7.94. The molecule has 4 rings (SSSR count). The van der Waals surface area contributed by atoms with E-state index in [4.69, 9.17) is 10.7 Å². The molecular formula is C21H29N5O. The van der Waals surface area contributed by atoms with Crippen LogP contribution < -0.4 is 10.6 Å². The molecule has 2 saturated heterocycles. The van der Waals surface area contributed by atoms with Crippen LogP contribution in [0.25, 0.3) is 10.9 Å². The quantitative estimate of drug-likeness (QED) is 0.893. The Morgan fingerprint density at radius 1 is 1.11 bits per heavy atom. The SMILES string of the molecule is CN1CCN(CC2CCN(c3cc(C(N)=O)c4ccccc4n3)CC2)CC1. The van der Waals surface area contributed by atoms with E-state index >= 15 is 0 Å². The van der Waals surface area contributed by atoms with Crippen molar-refractivity contribution in [2.75, 3.05) is 57.8 Å². The molecule has 3 heterocycles. The lowest BCUT2D eigenvalue weighted by molar-refractivity contribution is 0.100. The van der Waals surface area contributed by atoms with Crippen LogP contribution in [0.2, 0.25) is 0 Å². The summed E-state index contributed by atoms with van der Waals surface area (Å²) in [5, 5.41) is 0.832. The number of hydrogen-bond acceptors (Lipinski definition) is 5. The largest absolute Gasteiger partial charge is 0.366 e. The minimum atomic E-state index is -0.389. The van der Waals surface area contributed by atoms with E-state index in [9.17, 15) is 4.79 Å². The Bertz CT molecular complexity index is 807.